The molecule has 0 aromatic rings. The van der Waals surface area contributed by atoms with Gasteiger partial charge in [-0.15, -0.1) is 0 Å². The van der Waals surface area contributed by atoms with Crippen LogP contribution in [0.15, 0.2) is 30.3 Å². The van der Waals surface area contributed by atoms with Crippen LogP contribution in [0.4, 0.5) is 0 Å². The van der Waals surface area contributed by atoms with Crippen molar-refractivity contribution in [2.24, 2.45) is 0 Å². The van der Waals surface area contributed by atoms with Crippen molar-refractivity contribution in [2.75, 3.05) is 0 Å². The molecule has 22 heavy (non-hydrogen) atoms. The van der Waals surface area contributed by atoms with Gasteiger partial charge in [0.25, 0.3) is 0 Å². The molecule has 0 amide bonds. The zero-order chi connectivity index (χ0) is 15.5. The summed E-state index contributed by atoms with van der Waals surface area (Å²) in [7, 11) is -5.17. The first kappa shape index (κ1) is 24.8. The molecule has 0 aliphatic heterocycles. The van der Waals surface area contributed by atoms with E-state index in [1.807, 2.05) is 0 Å². The second-order valence-corrected chi connectivity index (χ2v) is 5.78. The van der Waals surface area contributed by atoms with E-state index in [1.54, 1.807) is 0 Å². The zero-order valence-electron chi connectivity index (χ0n) is 14.0. The molecule has 0 bridgehead atoms. The van der Waals surface area contributed by atoms with Crippen molar-refractivity contribution in [2.45, 2.75) is 33.6 Å². The molecule has 0 spiro atoms. The van der Waals surface area contributed by atoms with Crippen molar-refractivity contribution in [1.29, 1.82) is 0 Å². The van der Waals surface area contributed by atoms with Crippen LogP contribution in [-0.2, 0) is 10.4 Å². The van der Waals surface area contributed by atoms with Gasteiger partial charge in [0.15, 0.2) is 0 Å². The topological polar surface area (TPSA) is 80.3 Å². The summed E-state index contributed by atoms with van der Waals surface area (Å²) in [6.07, 6.45) is 0. The normalized spacial score (nSPS) is 10.3. The third-order valence-corrected chi connectivity index (χ3v) is 3.28. The van der Waals surface area contributed by atoms with Crippen molar-refractivity contribution in [3.05, 3.63) is 47.0 Å². The van der Waals surface area contributed by atoms with Gasteiger partial charge in [0, 0.05) is 10.4 Å². The Morgan fingerprint density at radius 1 is 0.864 bits per heavy atom. The van der Waals surface area contributed by atoms with Gasteiger partial charge in [-0.3, -0.25) is 8.42 Å². The summed E-state index contributed by atoms with van der Waals surface area (Å²) in [5.74, 6) is 0.601. The van der Waals surface area contributed by atoms with E-state index in [4.69, 9.17) is 17.5 Å². The van der Waals surface area contributed by atoms with Crippen molar-refractivity contribution in [3.63, 3.8) is 0 Å². The molecule has 0 atom stereocenters. The maximum absolute atomic E-state index is 8.52. The fourth-order valence-corrected chi connectivity index (χ4v) is 2.46. The molecule has 0 aromatic carbocycles. The molecule has 0 heterocycles. The summed E-state index contributed by atoms with van der Waals surface area (Å²) in [6.45, 7) is 9.01. The van der Waals surface area contributed by atoms with Gasteiger partial charge in [-0.25, -0.2) is 0 Å². The molecular formula is C15H18Na2O4S. The van der Waals surface area contributed by atoms with Gasteiger partial charge >= 0.3 is 59.1 Å². The van der Waals surface area contributed by atoms with Gasteiger partial charge in [0.1, 0.15) is 0 Å². The molecule has 2 aliphatic carbocycles. The molecule has 0 N–H and O–H groups in total. The predicted octanol–water partition coefficient (Wildman–Crippen LogP) is -2.80. The number of rotatable bonds is 1. The van der Waals surface area contributed by atoms with Crippen molar-refractivity contribution in [3.8, 4) is 11.1 Å². The van der Waals surface area contributed by atoms with Gasteiger partial charge in [-0.2, -0.15) is 0 Å². The average Bonchev–Trinajstić information content (AvgIpc) is 2.47. The minimum atomic E-state index is -5.17. The summed E-state index contributed by atoms with van der Waals surface area (Å²) in [5, 5.41) is 0. The molecule has 7 heteroatoms. The summed E-state index contributed by atoms with van der Waals surface area (Å²) >= 11 is 0. The Bertz CT molecular complexity index is 662. The largest absolute Gasteiger partial charge is 1.00 e. The molecule has 0 saturated heterocycles. The summed E-state index contributed by atoms with van der Waals surface area (Å²) in [5.41, 5.74) is 7.24. The Morgan fingerprint density at radius 3 is 1.68 bits per heavy atom. The Labute approximate surface area is 177 Å². The van der Waals surface area contributed by atoms with E-state index in [0.717, 1.165) is 0 Å². The van der Waals surface area contributed by atoms with Gasteiger partial charge in [-0.05, 0) is 47.6 Å². The second kappa shape index (κ2) is 10.4. The van der Waals surface area contributed by atoms with E-state index in [1.165, 1.54) is 27.8 Å². The first-order valence-corrected chi connectivity index (χ1v) is 7.60. The van der Waals surface area contributed by atoms with Crippen LogP contribution in [0.2, 0.25) is 0 Å². The van der Waals surface area contributed by atoms with Crippen LogP contribution >= 0.6 is 0 Å². The van der Waals surface area contributed by atoms with Crippen molar-refractivity contribution < 1.29 is 76.6 Å². The minimum Gasteiger partial charge on any atom is -0.759 e. The molecule has 0 saturated carbocycles. The number of hydrogen-bond donors (Lipinski definition) is 0. The van der Waals surface area contributed by atoms with E-state index in [9.17, 15) is 0 Å². The fourth-order valence-electron chi connectivity index (χ4n) is 2.46. The first-order chi connectivity index (χ1) is 9.13. The van der Waals surface area contributed by atoms with Crippen LogP contribution in [0, 0.1) is 13.8 Å². The van der Waals surface area contributed by atoms with Crippen LogP contribution in [0.3, 0.4) is 0 Å². The first-order valence-electron chi connectivity index (χ1n) is 6.27. The summed E-state index contributed by atoms with van der Waals surface area (Å²) < 4.78 is 34.1. The number of fused-ring (bicyclic) bond motifs is 1. The maximum Gasteiger partial charge on any atom is 1.00 e. The van der Waals surface area contributed by atoms with Crippen molar-refractivity contribution in [1.82, 2.24) is 0 Å². The quantitative estimate of drug-likeness (QED) is 0.319. The molecule has 0 fully saturated rings. The summed E-state index contributed by atoms with van der Waals surface area (Å²) in [6, 6.07) is 10.8. The van der Waals surface area contributed by atoms with E-state index in [-0.39, 0.29) is 59.1 Å². The summed E-state index contributed by atoms with van der Waals surface area (Å²) in [4.78, 5) is 0. The van der Waals surface area contributed by atoms with Crippen LogP contribution in [0.1, 0.15) is 36.5 Å². The molecule has 110 valence electrons. The third kappa shape index (κ3) is 7.43. The zero-order valence-corrected chi connectivity index (χ0v) is 18.8. The minimum absolute atomic E-state index is 0. The van der Waals surface area contributed by atoms with Crippen LogP contribution < -0.4 is 59.1 Å². The molecule has 0 radical (unpaired) electrons. The van der Waals surface area contributed by atoms with E-state index >= 15 is 0 Å². The SMILES string of the molecule is Cc1c2cccccc-2c(C(C)C)c1C.O=S(=O)([O-])[O-].[Na+].[Na+]. The van der Waals surface area contributed by atoms with E-state index in [2.05, 4.69) is 58.0 Å². The van der Waals surface area contributed by atoms with Gasteiger partial charge in [0.05, 0.1) is 0 Å². The predicted molar refractivity (Wildman–Crippen MR) is 77.1 cm³/mol. The molecule has 2 aliphatic rings. The molecule has 0 unspecified atom stereocenters. The van der Waals surface area contributed by atoms with Gasteiger partial charge in [-0.1, -0.05) is 44.2 Å². The smallest absolute Gasteiger partial charge is 0.759 e. The molecule has 2 rings (SSSR count). The molecule has 4 nitrogen and oxygen atoms in total. The molecule has 0 aromatic heterocycles. The fraction of sp³-hybridized carbons (Fsp3) is 0.333. The third-order valence-electron chi connectivity index (χ3n) is 3.28. The number of hydrogen-bond acceptors (Lipinski definition) is 4. The average molecular weight is 340 g/mol. The maximum atomic E-state index is 8.52. The van der Waals surface area contributed by atoms with Crippen LogP contribution in [-0.4, -0.2) is 17.5 Å². The Hall–Kier alpha value is 0.570. The second-order valence-electron chi connectivity index (χ2n) is 4.96. The van der Waals surface area contributed by atoms with Gasteiger partial charge < -0.3 is 9.11 Å². The van der Waals surface area contributed by atoms with Crippen LogP contribution in [0.25, 0.3) is 11.1 Å². The van der Waals surface area contributed by atoms with Gasteiger partial charge in [0.2, 0.25) is 0 Å². The van der Waals surface area contributed by atoms with E-state index < -0.39 is 10.4 Å². The van der Waals surface area contributed by atoms with E-state index in [0.29, 0.717) is 5.92 Å². The standard InChI is InChI=1S/C15H18.2Na.H2O4S/c1-10(2)15-12(4)11(3)13-8-6-5-7-9-14(13)15;;;1-5(2,3)4/h5-10H,1-4H3;;;(H2,1,2,3,4)/q;2*+1;/p-2. The Balaban J connectivity index is 0. The Morgan fingerprint density at radius 2 is 1.27 bits per heavy atom. The monoisotopic (exact) mass is 340 g/mol. The van der Waals surface area contributed by atoms with Crippen LogP contribution in [0.5, 0.6) is 0 Å². The Kier molecular flexibility index (Phi) is 11.8. The van der Waals surface area contributed by atoms with Crippen molar-refractivity contribution >= 4 is 10.4 Å². The molecular weight excluding hydrogens is 322 g/mol.